The quantitative estimate of drug-likeness (QED) is 0.892. The first-order valence-corrected chi connectivity index (χ1v) is 6.72. The van der Waals surface area contributed by atoms with Gasteiger partial charge in [-0.2, -0.15) is 0 Å². The van der Waals surface area contributed by atoms with E-state index in [0.717, 1.165) is 12.1 Å². The van der Waals surface area contributed by atoms with E-state index in [0.29, 0.717) is 5.92 Å². The number of benzene rings is 1. The van der Waals surface area contributed by atoms with Crippen molar-refractivity contribution in [3.63, 3.8) is 0 Å². The van der Waals surface area contributed by atoms with Gasteiger partial charge in [0.1, 0.15) is 6.33 Å². The summed E-state index contributed by atoms with van der Waals surface area (Å²) in [6.45, 7) is 4.49. The van der Waals surface area contributed by atoms with Gasteiger partial charge in [0.15, 0.2) is 0 Å². The van der Waals surface area contributed by atoms with E-state index in [2.05, 4.69) is 53.4 Å². The molecule has 0 saturated heterocycles. The Labute approximate surface area is 115 Å². The molecule has 100 valence electrons. The van der Waals surface area contributed by atoms with Crippen molar-refractivity contribution >= 4 is 0 Å². The minimum Gasteiger partial charge on any atom is -0.308 e. The summed E-state index contributed by atoms with van der Waals surface area (Å²) in [6.07, 6.45) is 4.48. The van der Waals surface area contributed by atoms with Crippen LogP contribution in [0.4, 0.5) is 0 Å². The van der Waals surface area contributed by atoms with E-state index < -0.39 is 0 Å². The lowest BCUT2D eigenvalue weighted by molar-refractivity contribution is 0.640. The molecule has 2 aromatic rings. The minimum atomic E-state index is 0.120. The van der Waals surface area contributed by atoms with Crippen molar-refractivity contribution in [3.8, 4) is 0 Å². The van der Waals surface area contributed by atoms with E-state index >= 15 is 0 Å². The Morgan fingerprint density at radius 1 is 1.21 bits per heavy atom. The van der Waals surface area contributed by atoms with Crippen LogP contribution in [-0.2, 0) is 6.42 Å². The van der Waals surface area contributed by atoms with Gasteiger partial charge in [0.05, 0.1) is 11.7 Å². The molecule has 0 radical (unpaired) electrons. The van der Waals surface area contributed by atoms with Crippen molar-refractivity contribution in [1.82, 2.24) is 15.3 Å². The van der Waals surface area contributed by atoms with Gasteiger partial charge in [0.25, 0.3) is 0 Å². The van der Waals surface area contributed by atoms with E-state index in [9.17, 15) is 0 Å². The first-order chi connectivity index (χ1) is 9.20. The molecule has 0 bridgehead atoms. The molecule has 2 rings (SSSR count). The molecule has 1 aromatic heterocycles. The minimum absolute atomic E-state index is 0.120. The zero-order valence-electron chi connectivity index (χ0n) is 11.8. The molecule has 3 heteroatoms. The van der Waals surface area contributed by atoms with E-state index in [-0.39, 0.29) is 6.04 Å². The van der Waals surface area contributed by atoms with E-state index in [1.54, 1.807) is 12.5 Å². The summed E-state index contributed by atoms with van der Waals surface area (Å²) >= 11 is 0. The van der Waals surface area contributed by atoms with Crippen LogP contribution in [0.3, 0.4) is 0 Å². The lowest BCUT2D eigenvalue weighted by Crippen LogP contribution is -2.19. The van der Waals surface area contributed by atoms with Gasteiger partial charge in [-0.1, -0.05) is 38.1 Å². The summed E-state index contributed by atoms with van der Waals surface area (Å²) < 4.78 is 0. The largest absolute Gasteiger partial charge is 0.308 e. The van der Waals surface area contributed by atoms with E-state index in [1.807, 2.05) is 13.1 Å². The zero-order chi connectivity index (χ0) is 13.7. The Bertz CT molecular complexity index is 508. The molecule has 1 unspecified atom stereocenters. The molecule has 0 spiro atoms. The number of hydrogen-bond acceptors (Lipinski definition) is 3. The Hall–Kier alpha value is -1.74. The van der Waals surface area contributed by atoms with Crippen LogP contribution in [0.25, 0.3) is 0 Å². The molecule has 19 heavy (non-hydrogen) atoms. The molecule has 3 nitrogen and oxygen atoms in total. The maximum absolute atomic E-state index is 4.34. The molecule has 1 heterocycles. The molecule has 0 aliphatic rings. The molecule has 0 fully saturated rings. The predicted molar refractivity (Wildman–Crippen MR) is 77.9 cm³/mol. The van der Waals surface area contributed by atoms with Gasteiger partial charge in [-0.05, 0) is 36.6 Å². The van der Waals surface area contributed by atoms with Gasteiger partial charge < -0.3 is 5.32 Å². The third-order valence-electron chi connectivity index (χ3n) is 3.12. The van der Waals surface area contributed by atoms with Crippen LogP contribution in [0.5, 0.6) is 0 Å². The molecule has 1 atom stereocenters. The van der Waals surface area contributed by atoms with Crippen LogP contribution in [0.2, 0.25) is 0 Å². The molecule has 0 aliphatic heterocycles. The number of hydrogen-bond donors (Lipinski definition) is 1. The van der Waals surface area contributed by atoms with Crippen LogP contribution < -0.4 is 5.32 Å². The highest BCUT2D eigenvalue weighted by Gasteiger charge is 2.13. The molecule has 0 saturated carbocycles. The molecular weight excluding hydrogens is 234 g/mol. The van der Waals surface area contributed by atoms with Crippen LogP contribution >= 0.6 is 0 Å². The Morgan fingerprint density at radius 3 is 2.68 bits per heavy atom. The van der Waals surface area contributed by atoms with Gasteiger partial charge in [-0.3, -0.25) is 0 Å². The van der Waals surface area contributed by atoms with Gasteiger partial charge >= 0.3 is 0 Å². The molecular formula is C16H21N3. The van der Waals surface area contributed by atoms with E-state index in [4.69, 9.17) is 0 Å². The summed E-state index contributed by atoms with van der Waals surface area (Å²) in [7, 11) is 1.96. The lowest BCUT2D eigenvalue weighted by atomic mass is 9.97. The van der Waals surface area contributed by atoms with E-state index in [1.165, 1.54) is 11.1 Å². The van der Waals surface area contributed by atoms with Crippen molar-refractivity contribution in [2.45, 2.75) is 26.3 Å². The van der Waals surface area contributed by atoms with Crippen molar-refractivity contribution in [2.24, 2.45) is 5.92 Å². The highest BCUT2D eigenvalue weighted by Crippen LogP contribution is 2.21. The SMILES string of the molecule is CNC(c1cccc(CC(C)C)c1)c1ccncn1. The van der Waals surface area contributed by atoms with Crippen LogP contribution in [0.15, 0.2) is 42.9 Å². The van der Waals surface area contributed by atoms with Crippen LogP contribution in [0.1, 0.15) is 36.7 Å². The number of nitrogens with zero attached hydrogens (tertiary/aromatic N) is 2. The number of rotatable bonds is 5. The van der Waals surface area contributed by atoms with Crippen molar-refractivity contribution < 1.29 is 0 Å². The van der Waals surface area contributed by atoms with Gasteiger partial charge in [-0.15, -0.1) is 0 Å². The fourth-order valence-corrected chi connectivity index (χ4v) is 2.33. The van der Waals surface area contributed by atoms with Crippen LogP contribution in [0, 0.1) is 5.92 Å². The third-order valence-corrected chi connectivity index (χ3v) is 3.12. The van der Waals surface area contributed by atoms with Crippen LogP contribution in [-0.4, -0.2) is 17.0 Å². The Balaban J connectivity index is 2.28. The Morgan fingerprint density at radius 2 is 2.05 bits per heavy atom. The van der Waals surface area contributed by atoms with Crippen molar-refractivity contribution in [2.75, 3.05) is 7.05 Å². The first kappa shape index (κ1) is 13.7. The van der Waals surface area contributed by atoms with Gasteiger partial charge in [0, 0.05) is 6.20 Å². The average Bonchev–Trinajstić information content (AvgIpc) is 2.40. The summed E-state index contributed by atoms with van der Waals surface area (Å²) in [5, 5.41) is 3.32. The highest BCUT2D eigenvalue weighted by atomic mass is 14.9. The fraction of sp³-hybridized carbons (Fsp3) is 0.375. The second kappa shape index (κ2) is 6.43. The maximum atomic E-state index is 4.34. The molecule has 1 N–H and O–H groups in total. The smallest absolute Gasteiger partial charge is 0.115 e. The highest BCUT2D eigenvalue weighted by molar-refractivity contribution is 5.31. The van der Waals surface area contributed by atoms with Gasteiger partial charge in [0.2, 0.25) is 0 Å². The Kier molecular flexibility index (Phi) is 4.63. The first-order valence-electron chi connectivity index (χ1n) is 6.72. The second-order valence-electron chi connectivity index (χ2n) is 5.20. The summed E-state index contributed by atoms with van der Waals surface area (Å²) in [4.78, 5) is 8.32. The number of nitrogens with one attached hydrogen (secondary N) is 1. The zero-order valence-corrected chi connectivity index (χ0v) is 11.8. The maximum Gasteiger partial charge on any atom is 0.115 e. The topological polar surface area (TPSA) is 37.8 Å². The second-order valence-corrected chi connectivity index (χ2v) is 5.20. The summed E-state index contributed by atoms with van der Waals surface area (Å²) in [5.41, 5.74) is 3.63. The lowest BCUT2D eigenvalue weighted by Gasteiger charge is -2.17. The molecule has 0 amide bonds. The normalized spacial score (nSPS) is 12.6. The third kappa shape index (κ3) is 3.61. The predicted octanol–water partition coefficient (Wildman–Crippen LogP) is 2.98. The number of aromatic nitrogens is 2. The molecule has 1 aromatic carbocycles. The summed E-state index contributed by atoms with van der Waals surface area (Å²) in [5.74, 6) is 0.669. The summed E-state index contributed by atoms with van der Waals surface area (Å²) in [6, 6.07) is 10.8. The fourth-order valence-electron chi connectivity index (χ4n) is 2.33. The van der Waals surface area contributed by atoms with Crippen molar-refractivity contribution in [3.05, 3.63) is 59.7 Å². The average molecular weight is 255 g/mol. The standard InChI is InChI=1S/C16H21N3/c1-12(2)9-13-5-4-6-14(10-13)16(17-3)15-7-8-18-11-19-15/h4-8,10-12,16-17H,9H2,1-3H3. The molecule has 0 aliphatic carbocycles. The van der Waals surface area contributed by atoms with Gasteiger partial charge in [-0.25, -0.2) is 9.97 Å². The monoisotopic (exact) mass is 255 g/mol. The van der Waals surface area contributed by atoms with Crippen molar-refractivity contribution in [1.29, 1.82) is 0 Å².